The average Bonchev–Trinajstić information content (AvgIpc) is 2.59. The highest BCUT2D eigenvalue weighted by atomic mass is 16.2. The molecular weight excluding hydrogens is 318 g/mol. The van der Waals surface area contributed by atoms with Gasteiger partial charge in [0.05, 0.1) is 12.5 Å². The zero-order valence-corrected chi connectivity index (χ0v) is 15.0. The summed E-state index contributed by atoms with van der Waals surface area (Å²) in [7, 11) is 0. The molecule has 0 aliphatic carbocycles. The topological polar surface area (TPSA) is 92.5 Å². The lowest BCUT2D eigenvalue weighted by atomic mass is 9.93. The van der Waals surface area contributed by atoms with Gasteiger partial charge in [0.2, 0.25) is 17.7 Å². The summed E-state index contributed by atoms with van der Waals surface area (Å²) >= 11 is 0. The van der Waals surface area contributed by atoms with Crippen molar-refractivity contribution in [1.82, 2.24) is 10.2 Å². The summed E-state index contributed by atoms with van der Waals surface area (Å²) in [4.78, 5) is 37.3. The molecule has 1 aliphatic rings. The second kappa shape index (κ2) is 8.65. The van der Waals surface area contributed by atoms with Crippen molar-refractivity contribution in [2.24, 2.45) is 11.7 Å². The van der Waals surface area contributed by atoms with Gasteiger partial charge in [-0.25, -0.2) is 0 Å². The van der Waals surface area contributed by atoms with E-state index in [0.717, 1.165) is 12.0 Å². The highest BCUT2D eigenvalue weighted by molar-refractivity contribution is 5.85. The van der Waals surface area contributed by atoms with Gasteiger partial charge < -0.3 is 16.0 Å². The molecule has 6 heteroatoms. The van der Waals surface area contributed by atoms with Gasteiger partial charge in [0.25, 0.3) is 0 Å². The standard InChI is InChI=1S/C19H27N3O3/c1-13-3-6-15(7-4-13)8-10-17(23)21-11-18(24)22-12-16(19(20)25)9-5-14(22)2/h3-4,6-7,14,16H,5,8-12H2,1-2H3,(H2,20,25)(H,21,23)/t14-,16+/m0/s1. The van der Waals surface area contributed by atoms with E-state index in [0.29, 0.717) is 25.8 Å². The summed E-state index contributed by atoms with van der Waals surface area (Å²) in [6.07, 6.45) is 2.45. The quantitative estimate of drug-likeness (QED) is 0.810. The Hall–Kier alpha value is -2.37. The number of primary amides is 1. The molecule has 1 fully saturated rings. The number of nitrogens with one attached hydrogen (secondary N) is 1. The van der Waals surface area contributed by atoms with E-state index in [1.807, 2.05) is 38.1 Å². The molecule has 6 nitrogen and oxygen atoms in total. The zero-order chi connectivity index (χ0) is 18.4. The molecule has 1 aromatic rings. The highest BCUT2D eigenvalue weighted by Crippen LogP contribution is 2.21. The van der Waals surface area contributed by atoms with Crippen LogP contribution in [0.25, 0.3) is 0 Å². The third-order valence-corrected chi connectivity index (χ3v) is 4.80. The maximum Gasteiger partial charge on any atom is 0.242 e. The molecule has 25 heavy (non-hydrogen) atoms. The molecule has 1 aromatic carbocycles. The van der Waals surface area contributed by atoms with Crippen LogP contribution in [0.1, 0.15) is 37.3 Å². The summed E-state index contributed by atoms with van der Waals surface area (Å²) in [5, 5.41) is 2.68. The lowest BCUT2D eigenvalue weighted by Crippen LogP contribution is -2.51. The van der Waals surface area contributed by atoms with Gasteiger partial charge in [0.1, 0.15) is 0 Å². The van der Waals surface area contributed by atoms with Gasteiger partial charge in [0.15, 0.2) is 0 Å². The predicted octanol–water partition coefficient (Wildman–Crippen LogP) is 1.16. The van der Waals surface area contributed by atoms with Gasteiger partial charge >= 0.3 is 0 Å². The van der Waals surface area contributed by atoms with Crippen molar-refractivity contribution in [3.63, 3.8) is 0 Å². The SMILES string of the molecule is Cc1ccc(CCC(=O)NCC(=O)N2C[C@H](C(N)=O)CC[C@@H]2C)cc1. The molecular formula is C19H27N3O3. The van der Waals surface area contributed by atoms with Crippen LogP contribution in [0.15, 0.2) is 24.3 Å². The molecule has 3 amide bonds. The maximum absolute atomic E-state index is 12.4. The number of hydrogen-bond acceptors (Lipinski definition) is 3. The fourth-order valence-electron chi connectivity index (χ4n) is 3.06. The first-order valence-electron chi connectivity index (χ1n) is 8.78. The van der Waals surface area contributed by atoms with Crippen molar-refractivity contribution in [2.75, 3.05) is 13.1 Å². The number of hydrogen-bond donors (Lipinski definition) is 2. The maximum atomic E-state index is 12.4. The molecule has 1 saturated heterocycles. The lowest BCUT2D eigenvalue weighted by Gasteiger charge is -2.37. The highest BCUT2D eigenvalue weighted by Gasteiger charge is 2.31. The largest absolute Gasteiger partial charge is 0.369 e. The van der Waals surface area contributed by atoms with Crippen molar-refractivity contribution >= 4 is 17.7 Å². The van der Waals surface area contributed by atoms with Crippen LogP contribution in [0.2, 0.25) is 0 Å². The Balaban J connectivity index is 1.77. The van der Waals surface area contributed by atoms with Crippen molar-refractivity contribution in [2.45, 2.75) is 45.6 Å². The minimum absolute atomic E-state index is 0.0391. The molecule has 2 atom stereocenters. The smallest absolute Gasteiger partial charge is 0.242 e. The van der Waals surface area contributed by atoms with E-state index in [9.17, 15) is 14.4 Å². The Morgan fingerprint density at radius 1 is 1.20 bits per heavy atom. The monoisotopic (exact) mass is 345 g/mol. The first kappa shape index (κ1) is 19.0. The number of likely N-dealkylation sites (tertiary alicyclic amines) is 1. The van der Waals surface area contributed by atoms with Crippen molar-refractivity contribution in [1.29, 1.82) is 0 Å². The molecule has 136 valence electrons. The summed E-state index contributed by atoms with van der Waals surface area (Å²) < 4.78 is 0. The molecule has 0 bridgehead atoms. The number of benzene rings is 1. The Morgan fingerprint density at radius 2 is 1.88 bits per heavy atom. The molecule has 0 radical (unpaired) electrons. The lowest BCUT2D eigenvalue weighted by molar-refractivity contribution is -0.138. The number of carbonyl (C=O) groups is 3. The molecule has 0 unspecified atom stereocenters. The van der Waals surface area contributed by atoms with Crippen LogP contribution in [-0.2, 0) is 20.8 Å². The number of nitrogens with zero attached hydrogens (tertiary/aromatic N) is 1. The van der Waals surface area contributed by atoms with E-state index in [2.05, 4.69) is 5.32 Å². The minimum Gasteiger partial charge on any atom is -0.369 e. The number of amides is 3. The van der Waals surface area contributed by atoms with Crippen LogP contribution in [-0.4, -0.2) is 41.8 Å². The number of nitrogens with two attached hydrogens (primary N) is 1. The summed E-state index contributed by atoms with van der Waals surface area (Å²) in [6.45, 7) is 4.28. The minimum atomic E-state index is -0.369. The van der Waals surface area contributed by atoms with Gasteiger partial charge in [-0.05, 0) is 38.7 Å². The van der Waals surface area contributed by atoms with Crippen LogP contribution in [0.5, 0.6) is 0 Å². The summed E-state index contributed by atoms with van der Waals surface area (Å²) in [5.74, 6) is -0.976. The number of aryl methyl sites for hydroxylation is 2. The molecule has 0 saturated carbocycles. The second-order valence-corrected chi connectivity index (χ2v) is 6.83. The fourth-order valence-corrected chi connectivity index (χ4v) is 3.06. The van der Waals surface area contributed by atoms with Crippen molar-refractivity contribution in [3.05, 3.63) is 35.4 Å². The van der Waals surface area contributed by atoms with Crippen LogP contribution >= 0.6 is 0 Å². The van der Waals surface area contributed by atoms with E-state index in [1.54, 1.807) is 4.90 Å². The van der Waals surface area contributed by atoms with Crippen molar-refractivity contribution < 1.29 is 14.4 Å². The Kier molecular flexibility index (Phi) is 6.56. The van der Waals surface area contributed by atoms with Crippen LogP contribution in [0.4, 0.5) is 0 Å². The Bertz CT molecular complexity index is 627. The van der Waals surface area contributed by atoms with Gasteiger partial charge in [-0.3, -0.25) is 14.4 Å². The van der Waals surface area contributed by atoms with E-state index < -0.39 is 0 Å². The molecule has 3 N–H and O–H groups in total. The van der Waals surface area contributed by atoms with Crippen LogP contribution in [0.3, 0.4) is 0 Å². The predicted molar refractivity (Wildman–Crippen MR) is 95.6 cm³/mol. The van der Waals surface area contributed by atoms with E-state index in [1.165, 1.54) is 5.56 Å². The normalized spacial score (nSPS) is 20.2. The molecule has 1 heterocycles. The molecule has 0 aromatic heterocycles. The first-order valence-corrected chi connectivity index (χ1v) is 8.78. The Labute approximate surface area is 148 Å². The van der Waals surface area contributed by atoms with Crippen LogP contribution < -0.4 is 11.1 Å². The fraction of sp³-hybridized carbons (Fsp3) is 0.526. The Morgan fingerprint density at radius 3 is 2.52 bits per heavy atom. The van der Waals surface area contributed by atoms with Crippen LogP contribution in [0, 0.1) is 12.8 Å². The molecule has 1 aliphatic heterocycles. The van der Waals surface area contributed by atoms with Gasteiger partial charge in [-0.2, -0.15) is 0 Å². The third-order valence-electron chi connectivity index (χ3n) is 4.80. The molecule has 2 rings (SSSR count). The molecule has 0 spiro atoms. The van der Waals surface area contributed by atoms with Gasteiger partial charge in [0, 0.05) is 19.0 Å². The average molecular weight is 345 g/mol. The summed E-state index contributed by atoms with van der Waals surface area (Å²) in [6, 6.07) is 8.11. The number of rotatable bonds is 6. The number of carbonyl (C=O) groups excluding carboxylic acids is 3. The van der Waals surface area contributed by atoms with Gasteiger partial charge in [-0.15, -0.1) is 0 Å². The van der Waals surface area contributed by atoms with Gasteiger partial charge in [-0.1, -0.05) is 29.8 Å². The first-order chi connectivity index (χ1) is 11.9. The van der Waals surface area contributed by atoms with E-state index in [4.69, 9.17) is 5.73 Å². The van der Waals surface area contributed by atoms with E-state index >= 15 is 0 Å². The third kappa shape index (κ3) is 5.59. The van der Waals surface area contributed by atoms with E-state index in [-0.39, 0.29) is 36.2 Å². The zero-order valence-electron chi connectivity index (χ0n) is 15.0. The second-order valence-electron chi connectivity index (χ2n) is 6.83. The number of piperidine rings is 1. The summed E-state index contributed by atoms with van der Waals surface area (Å²) in [5.41, 5.74) is 7.64. The van der Waals surface area contributed by atoms with Crippen molar-refractivity contribution in [3.8, 4) is 0 Å².